The molecule has 0 spiro atoms. The summed E-state index contributed by atoms with van der Waals surface area (Å²) >= 11 is 1.54. The highest BCUT2D eigenvalue weighted by molar-refractivity contribution is 7.99. The fraction of sp³-hybridized carbons (Fsp3) is 0.400. The van der Waals surface area contributed by atoms with E-state index in [2.05, 4.69) is 0 Å². The zero-order valence-corrected chi connectivity index (χ0v) is 9.15. The maximum Gasteiger partial charge on any atom is 0.219 e. The molecule has 0 radical (unpaired) electrons. The lowest BCUT2D eigenvalue weighted by Crippen LogP contribution is -2.12. The first-order chi connectivity index (χ1) is 7.24. The first-order valence-corrected chi connectivity index (χ1v) is 5.77. The lowest BCUT2D eigenvalue weighted by atomic mass is 10.1. The Morgan fingerprint density at radius 2 is 2.07 bits per heavy atom. The third-order valence-corrected chi connectivity index (χ3v) is 3.22. The summed E-state index contributed by atoms with van der Waals surface area (Å²) in [6.07, 6.45) is 0. The number of rotatable bonds is 6. The first-order valence-electron chi connectivity index (χ1n) is 4.72. The number of hydrogen-bond acceptors (Lipinski definition) is 4. The number of nitrogens with zero attached hydrogens (tertiary/aromatic N) is 1. The van der Waals surface area contributed by atoms with Gasteiger partial charge in [-0.2, -0.15) is 0 Å². The molecular formula is C10H14N2O2S. The number of nitro groups is 1. The van der Waals surface area contributed by atoms with Crippen LogP contribution in [-0.2, 0) is 0 Å². The van der Waals surface area contributed by atoms with Gasteiger partial charge in [-0.05, 0) is 5.56 Å². The molecule has 5 heteroatoms. The second-order valence-corrected chi connectivity index (χ2v) is 4.38. The molecule has 0 aliphatic heterocycles. The van der Waals surface area contributed by atoms with Crippen molar-refractivity contribution in [1.82, 2.24) is 0 Å². The molecule has 0 fully saturated rings. The second-order valence-electron chi connectivity index (χ2n) is 3.07. The molecule has 1 rings (SSSR count). The van der Waals surface area contributed by atoms with Crippen LogP contribution in [0.15, 0.2) is 30.3 Å². The van der Waals surface area contributed by atoms with E-state index in [1.54, 1.807) is 0 Å². The number of hydrogen-bond donors (Lipinski definition) is 1. The first kappa shape index (κ1) is 12.0. The number of nitrogens with two attached hydrogens (primary N) is 1. The summed E-state index contributed by atoms with van der Waals surface area (Å²) in [7, 11) is 0. The van der Waals surface area contributed by atoms with E-state index in [-0.39, 0.29) is 16.7 Å². The van der Waals surface area contributed by atoms with E-state index >= 15 is 0 Å². The van der Waals surface area contributed by atoms with Gasteiger partial charge in [-0.25, -0.2) is 0 Å². The predicted molar refractivity (Wildman–Crippen MR) is 62.6 cm³/mol. The Bertz CT molecular complexity index is 306. The van der Waals surface area contributed by atoms with E-state index in [0.29, 0.717) is 6.54 Å². The van der Waals surface area contributed by atoms with Crippen molar-refractivity contribution >= 4 is 11.8 Å². The van der Waals surface area contributed by atoms with E-state index in [1.807, 2.05) is 30.3 Å². The minimum Gasteiger partial charge on any atom is -0.330 e. The zero-order chi connectivity index (χ0) is 11.1. The highest BCUT2D eigenvalue weighted by atomic mass is 32.2. The second kappa shape index (κ2) is 6.42. The van der Waals surface area contributed by atoms with Crippen LogP contribution in [0.25, 0.3) is 0 Å². The average Bonchev–Trinajstić information content (AvgIpc) is 2.25. The summed E-state index contributed by atoms with van der Waals surface area (Å²) in [5.74, 6) is 0.743. The van der Waals surface area contributed by atoms with Gasteiger partial charge in [-0.15, -0.1) is 11.8 Å². The Morgan fingerprint density at radius 3 is 2.60 bits per heavy atom. The topological polar surface area (TPSA) is 69.2 Å². The predicted octanol–water partition coefficient (Wildman–Crippen LogP) is 1.70. The van der Waals surface area contributed by atoms with E-state index in [0.717, 1.165) is 11.3 Å². The van der Waals surface area contributed by atoms with Gasteiger partial charge in [0.2, 0.25) is 6.54 Å². The van der Waals surface area contributed by atoms with Crippen molar-refractivity contribution in [3.63, 3.8) is 0 Å². The summed E-state index contributed by atoms with van der Waals surface area (Å²) in [5.41, 5.74) is 6.39. The van der Waals surface area contributed by atoms with E-state index in [1.165, 1.54) is 11.8 Å². The molecule has 1 aromatic carbocycles. The van der Waals surface area contributed by atoms with Crippen LogP contribution in [0.3, 0.4) is 0 Å². The van der Waals surface area contributed by atoms with Gasteiger partial charge in [0.05, 0.1) is 5.25 Å². The molecule has 15 heavy (non-hydrogen) atoms. The van der Waals surface area contributed by atoms with Gasteiger partial charge in [-0.3, -0.25) is 10.1 Å². The van der Waals surface area contributed by atoms with Crippen LogP contribution >= 0.6 is 11.8 Å². The third-order valence-electron chi connectivity index (χ3n) is 1.92. The van der Waals surface area contributed by atoms with E-state index in [4.69, 9.17) is 5.73 Å². The van der Waals surface area contributed by atoms with Crippen molar-refractivity contribution in [3.05, 3.63) is 46.0 Å². The summed E-state index contributed by atoms with van der Waals surface area (Å²) in [4.78, 5) is 10.2. The van der Waals surface area contributed by atoms with Crippen LogP contribution in [-0.4, -0.2) is 23.8 Å². The van der Waals surface area contributed by atoms with Gasteiger partial charge in [0.1, 0.15) is 0 Å². The molecule has 4 nitrogen and oxygen atoms in total. The van der Waals surface area contributed by atoms with Gasteiger partial charge in [0.25, 0.3) is 0 Å². The molecule has 1 unspecified atom stereocenters. The fourth-order valence-corrected chi connectivity index (χ4v) is 2.27. The zero-order valence-electron chi connectivity index (χ0n) is 8.33. The maximum absolute atomic E-state index is 10.5. The van der Waals surface area contributed by atoms with Crippen molar-refractivity contribution in [1.29, 1.82) is 0 Å². The molecule has 0 saturated heterocycles. The van der Waals surface area contributed by atoms with E-state index < -0.39 is 0 Å². The van der Waals surface area contributed by atoms with Crippen molar-refractivity contribution in [2.45, 2.75) is 5.25 Å². The van der Waals surface area contributed by atoms with Crippen molar-refractivity contribution in [2.24, 2.45) is 5.73 Å². The Balaban J connectivity index is 2.67. The molecule has 0 heterocycles. The monoisotopic (exact) mass is 226 g/mol. The molecule has 2 N–H and O–H groups in total. The molecule has 0 aliphatic rings. The molecule has 0 aliphatic carbocycles. The molecule has 1 atom stereocenters. The molecule has 0 saturated carbocycles. The van der Waals surface area contributed by atoms with Crippen molar-refractivity contribution in [2.75, 3.05) is 18.8 Å². The molecule has 0 bridgehead atoms. The summed E-state index contributed by atoms with van der Waals surface area (Å²) in [6, 6.07) is 9.52. The quantitative estimate of drug-likeness (QED) is 0.592. The summed E-state index contributed by atoms with van der Waals surface area (Å²) in [5, 5.41) is 10.4. The van der Waals surface area contributed by atoms with Crippen LogP contribution in [0, 0.1) is 10.1 Å². The maximum atomic E-state index is 10.5. The Hall–Kier alpha value is -1.07. The molecular weight excluding hydrogens is 212 g/mol. The Morgan fingerprint density at radius 1 is 1.40 bits per heavy atom. The highest BCUT2D eigenvalue weighted by Crippen LogP contribution is 2.28. The van der Waals surface area contributed by atoms with Crippen LogP contribution in [0.5, 0.6) is 0 Å². The highest BCUT2D eigenvalue weighted by Gasteiger charge is 2.17. The summed E-state index contributed by atoms with van der Waals surface area (Å²) < 4.78 is 0. The minimum absolute atomic E-state index is 0.0469. The molecule has 0 aromatic heterocycles. The molecule has 82 valence electrons. The largest absolute Gasteiger partial charge is 0.330 e. The summed E-state index contributed by atoms with van der Waals surface area (Å²) in [6.45, 7) is 0.500. The third kappa shape index (κ3) is 4.31. The Kier molecular flexibility index (Phi) is 5.14. The van der Waals surface area contributed by atoms with E-state index in [9.17, 15) is 10.1 Å². The SMILES string of the molecule is NCCSC(C[N+](=O)[O-])c1ccccc1. The number of thioether (sulfide) groups is 1. The lowest BCUT2D eigenvalue weighted by Gasteiger charge is -2.11. The van der Waals surface area contributed by atoms with Crippen LogP contribution < -0.4 is 5.73 Å². The van der Waals surface area contributed by atoms with Crippen molar-refractivity contribution in [3.8, 4) is 0 Å². The fourth-order valence-electron chi connectivity index (χ4n) is 1.27. The van der Waals surface area contributed by atoms with Gasteiger partial charge >= 0.3 is 0 Å². The van der Waals surface area contributed by atoms with Crippen LogP contribution in [0.2, 0.25) is 0 Å². The van der Waals surface area contributed by atoms with Crippen molar-refractivity contribution < 1.29 is 4.92 Å². The van der Waals surface area contributed by atoms with Gasteiger partial charge in [0.15, 0.2) is 0 Å². The van der Waals surface area contributed by atoms with Crippen LogP contribution in [0.4, 0.5) is 0 Å². The number of benzene rings is 1. The standard InChI is InChI=1S/C10H14N2O2S/c11-6-7-15-10(8-12(13)14)9-4-2-1-3-5-9/h1-5,10H,6-8,11H2. The van der Waals surface area contributed by atoms with Gasteiger partial charge < -0.3 is 5.73 Å². The molecule has 1 aromatic rings. The minimum atomic E-state index is -0.277. The van der Waals surface area contributed by atoms with Crippen LogP contribution in [0.1, 0.15) is 10.8 Å². The van der Waals surface area contributed by atoms with Gasteiger partial charge in [-0.1, -0.05) is 30.3 Å². The van der Waals surface area contributed by atoms with Gasteiger partial charge in [0, 0.05) is 17.2 Å². The Labute approximate surface area is 93.0 Å². The smallest absolute Gasteiger partial charge is 0.219 e. The average molecular weight is 226 g/mol. The lowest BCUT2D eigenvalue weighted by molar-refractivity contribution is -0.479. The normalized spacial score (nSPS) is 12.3. The molecule has 0 amide bonds.